The van der Waals surface area contributed by atoms with Crippen LogP contribution in [0.2, 0.25) is 0 Å². The molecule has 7 nitrogen and oxygen atoms in total. The summed E-state index contributed by atoms with van der Waals surface area (Å²) < 4.78 is 44.0. The first-order valence-electron chi connectivity index (χ1n) is 6.45. The average molecular weight is 315 g/mol. The number of hydrogen-bond acceptors (Lipinski definition) is 5. The van der Waals surface area contributed by atoms with Crippen LogP contribution in [0.1, 0.15) is 16.9 Å². The lowest BCUT2D eigenvalue weighted by molar-refractivity contribution is -0.263. The summed E-state index contributed by atoms with van der Waals surface area (Å²) in [5.74, 6) is -0.590. The Bertz CT molecular complexity index is 716. The van der Waals surface area contributed by atoms with E-state index >= 15 is 0 Å². The van der Waals surface area contributed by atoms with Crippen molar-refractivity contribution in [2.24, 2.45) is 0 Å². The SMILES string of the molecule is COC1(C(F)(F)F)CCN(C(=O)c2ccc3n[nH]nc3n2)C1. The number of fused-ring (bicyclic) bond motifs is 1. The molecule has 3 heterocycles. The Kier molecular flexibility index (Phi) is 3.28. The summed E-state index contributed by atoms with van der Waals surface area (Å²) in [5, 5.41) is 9.90. The van der Waals surface area contributed by atoms with Crippen LogP contribution in [0.25, 0.3) is 11.2 Å². The van der Waals surface area contributed by atoms with E-state index in [1.54, 1.807) is 0 Å². The average Bonchev–Trinajstić information content (AvgIpc) is 3.12. The number of aromatic nitrogens is 4. The molecule has 0 bridgehead atoms. The summed E-state index contributed by atoms with van der Waals surface area (Å²) >= 11 is 0. The Morgan fingerprint density at radius 3 is 2.82 bits per heavy atom. The van der Waals surface area contributed by atoms with Crippen molar-refractivity contribution in [1.82, 2.24) is 25.3 Å². The van der Waals surface area contributed by atoms with E-state index in [2.05, 4.69) is 25.1 Å². The van der Waals surface area contributed by atoms with E-state index in [1.165, 1.54) is 12.1 Å². The second kappa shape index (κ2) is 4.90. The van der Waals surface area contributed by atoms with Gasteiger partial charge in [0.15, 0.2) is 5.60 Å². The third kappa shape index (κ3) is 2.19. The number of nitrogens with zero attached hydrogens (tertiary/aromatic N) is 4. The summed E-state index contributed by atoms with van der Waals surface area (Å²) in [6, 6.07) is 2.94. The zero-order valence-electron chi connectivity index (χ0n) is 11.5. The van der Waals surface area contributed by atoms with Gasteiger partial charge >= 0.3 is 6.18 Å². The van der Waals surface area contributed by atoms with Gasteiger partial charge in [-0.1, -0.05) is 0 Å². The second-order valence-corrected chi connectivity index (χ2v) is 5.04. The van der Waals surface area contributed by atoms with Crippen LogP contribution in [-0.2, 0) is 4.74 Å². The standard InChI is InChI=1S/C12H12F3N5O2/c1-22-11(12(13,14)15)4-5-20(6-11)10(21)8-3-2-7-9(16-8)18-19-17-7/h2-3H,4-6H2,1H3,(H,16,17,18,19). The predicted octanol–water partition coefficient (Wildman–Crippen LogP) is 1.15. The first-order chi connectivity index (χ1) is 10.4. The quantitative estimate of drug-likeness (QED) is 0.898. The van der Waals surface area contributed by atoms with Crippen LogP contribution in [0, 0.1) is 0 Å². The van der Waals surface area contributed by atoms with Crippen LogP contribution in [0.3, 0.4) is 0 Å². The van der Waals surface area contributed by atoms with Crippen molar-refractivity contribution in [3.63, 3.8) is 0 Å². The van der Waals surface area contributed by atoms with Gasteiger partial charge in [0.1, 0.15) is 11.2 Å². The Hall–Kier alpha value is -2.23. The molecule has 0 spiro atoms. The van der Waals surface area contributed by atoms with Crippen molar-refractivity contribution in [2.75, 3.05) is 20.2 Å². The number of carbonyl (C=O) groups excluding carboxylic acids is 1. The van der Waals surface area contributed by atoms with Crippen molar-refractivity contribution >= 4 is 17.1 Å². The summed E-state index contributed by atoms with van der Waals surface area (Å²) in [6.45, 7) is -0.602. The molecule has 1 aliphatic heterocycles. The monoisotopic (exact) mass is 315 g/mol. The number of halogens is 3. The largest absolute Gasteiger partial charge is 0.419 e. The van der Waals surface area contributed by atoms with Crippen molar-refractivity contribution in [1.29, 1.82) is 0 Å². The molecule has 22 heavy (non-hydrogen) atoms. The van der Waals surface area contributed by atoms with Gasteiger partial charge in [-0.05, 0) is 12.1 Å². The number of ether oxygens (including phenoxy) is 1. The fourth-order valence-electron chi connectivity index (χ4n) is 2.49. The molecule has 1 fully saturated rings. The summed E-state index contributed by atoms with van der Waals surface area (Å²) in [4.78, 5) is 17.4. The maximum absolute atomic E-state index is 13.1. The maximum atomic E-state index is 13.1. The Balaban J connectivity index is 1.84. The number of H-pyrrole nitrogens is 1. The summed E-state index contributed by atoms with van der Waals surface area (Å²) in [7, 11) is 1.00. The number of likely N-dealkylation sites (tertiary alicyclic amines) is 1. The fourth-order valence-corrected chi connectivity index (χ4v) is 2.49. The number of alkyl halides is 3. The molecule has 2 aromatic heterocycles. The highest BCUT2D eigenvalue weighted by molar-refractivity contribution is 5.94. The zero-order valence-corrected chi connectivity index (χ0v) is 11.5. The van der Waals surface area contributed by atoms with E-state index in [0.29, 0.717) is 5.52 Å². The third-order valence-corrected chi connectivity index (χ3v) is 3.83. The van der Waals surface area contributed by atoms with Crippen molar-refractivity contribution in [2.45, 2.75) is 18.2 Å². The summed E-state index contributed by atoms with van der Waals surface area (Å²) in [6.07, 6.45) is -4.84. The van der Waals surface area contributed by atoms with Crippen LogP contribution in [0.15, 0.2) is 12.1 Å². The second-order valence-electron chi connectivity index (χ2n) is 5.04. The molecule has 3 rings (SSSR count). The molecule has 1 saturated heterocycles. The van der Waals surface area contributed by atoms with Crippen LogP contribution >= 0.6 is 0 Å². The van der Waals surface area contributed by atoms with Gasteiger partial charge in [-0.15, -0.1) is 5.10 Å². The predicted molar refractivity (Wildman–Crippen MR) is 68.0 cm³/mol. The third-order valence-electron chi connectivity index (χ3n) is 3.83. The number of rotatable bonds is 2. The number of carbonyl (C=O) groups is 1. The highest BCUT2D eigenvalue weighted by Crippen LogP contribution is 2.40. The first-order valence-corrected chi connectivity index (χ1v) is 6.45. The molecule has 0 aromatic carbocycles. The number of amides is 1. The molecular weight excluding hydrogens is 303 g/mol. The van der Waals surface area contributed by atoms with Gasteiger partial charge < -0.3 is 9.64 Å². The topological polar surface area (TPSA) is 84.0 Å². The molecule has 1 aliphatic rings. The smallest absolute Gasteiger partial charge is 0.367 e. The van der Waals surface area contributed by atoms with Crippen molar-refractivity contribution in [3.05, 3.63) is 17.8 Å². The minimum absolute atomic E-state index is 0.0236. The molecule has 118 valence electrons. The molecule has 1 unspecified atom stereocenters. The highest BCUT2D eigenvalue weighted by atomic mass is 19.4. The number of pyridine rings is 1. The van der Waals surface area contributed by atoms with E-state index < -0.39 is 24.2 Å². The van der Waals surface area contributed by atoms with E-state index in [9.17, 15) is 18.0 Å². The lowest BCUT2D eigenvalue weighted by atomic mass is 10.0. The van der Waals surface area contributed by atoms with Crippen molar-refractivity contribution in [3.8, 4) is 0 Å². The number of aromatic amines is 1. The molecule has 1 N–H and O–H groups in total. The summed E-state index contributed by atoms with van der Waals surface area (Å²) in [5.41, 5.74) is -1.59. The normalized spacial score (nSPS) is 22.5. The molecular formula is C12H12F3N5O2. The minimum Gasteiger partial charge on any atom is -0.367 e. The zero-order chi connectivity index (χ0) is 16.0. The number of hydrogen-bond donors (Lipinski definition) is 1. The highest BCUT2D eigenvalue weighted by Gasteiger charge is 2.59. The van der Waals surface area contributed by atoms with E-state index in [4.69, 9.17) is 0 Å². The van der Waals surface area contributed by atoms with Gasteiger partial charge in [0.2, 0.25) is 5.65 Å². The lowest BCUT2D eigenvalue weighted by Crippen LogP contribution is -2.49. The van der Waals surface area contributed by atoms with Gasteiger partial charge in [-0.3, -0.25) is 4.79 Å². The Morgan fingerprint density at radius 1 is 1.41 bits per heavy atom. The van der Waals surface area contributed by atoms with E-state index in [0.717, 1.165) is 12.0 Å². The van der Waals surface area contributed by atoms with Crippen LogP contribution in [0.4, 0.5) is 13.2 Å². The first kappa shape index (κ1) is 14.7. The van der Waals surface area contributed by atoms with Gasteiger partial charge in [0.25, 0.3) is 5.91 Å². The van der Waals surface area contributed by atoms with Gasteiger partial charge in [-0.25, -0.2) is 4.98 Å². The van der Waals surface area contributed by atoms with Crippen LogP contribution in [-0.4, -0.2) is 63.2 Å². The van der Waals surface area contributed by atoms with Crippen LogP contribution < -0.4 is 0 Å². The lowest BCUT2D eigenvalue weighted by Gasteiger charge is -2.30. The molecule has 1 atom stereocenters. The van der Waals surface area contributed by atoms with E-state index in [1.807, 2.05) is 0 Å². The number of nitrogens with one attached hydrogen (secondary N) is 1. The van der Waals surface area contributed by atoms with Gasteiger partial charge in [0, 0.05) is 20.1 Å². The van der Waals surface area contributed by atoms with Gasteiger partial charge in [-0.2, -0.15) is 23.5 Å². The Labute approximate surface area is 122 Å². The molecule has 2 aromatic rings. The van der Waals surface area contributed by atoms with Crippen molar-refractivity contribution < 1.29 is 22.7 Å². The fraction of sp³-hybridized carbons (Fsp3) is 0.500. The molecule has 0 saturated carbocycles. The van der Waals surface area contributed by atoms with E-state index in [-0.39, 0.29) is 24.3 Å². The maximum Gasteiger partial charge on any atom is 0.419 e. The molecule has 0 radical (unpaired) electrons. The Morgan fingerprint density at radius 2 is 2.18 bits per heavy atom. The molecule has 0 aliphatic carbocycles. The van der Waals surface area contributed by atoms with Crippen LogP contribution in [0.5, 0.6) is 0 Å². The number of methoxy groups -OCH3 is 1. The van der Waals surface area contributed by atoms with Gasteiger partial charge in [0.05, 0.1) is 6.54 Å². The minimum atomic E-state index is -4.54. The molecule has 10 heteroatoms. The molecule has 1 amide bonds.